The van der Waals surface area contributed by atoms with E-state index in [1.807, 2.05) is 0 Å². The number of nitro benzene ring substituents is 1. The van der Waals surface area contributed by atoms with Crippen LogP contribution < -0.4 is 0 Å². The van der Waals surface area contributed by atoms with Gasteiger partial charge in [-0.25, -0.2) is 4.79 Å². The molecule has 0 amide bonds. The Kier molecular flexibility index (Phi) is 3.55. The summed E-state index contributed by atoms with van der Waals surface area (Å²) in [5.41, 5.74) is -1.08. The molecule has 0 bridgehead atoms. The Bertz CT molecular complexity index is 441. The lowest BCUT2D eigenvalue weighted by molar-refractivity contribution is -0.388. The maximum absolute atomic E-state index is 13.2. The third-order valence-corrected chi connectivity index (χ3v) is 2.38. The first kappa shape index (κ1) is 12.5. The number of aliphatic carboxylic acids is 1. The highest BCUT2D eigenvalue weighted by Gasteiger charge is 2.24. The Balaban J connectivity index is 3.30. The molecule has 1 rings (SSSR count). The van der Waals surface area contributed by atoms with E-state index in [1.165, 1.54) is 0 Å². The van der Waals surface area contributed by atoms with Crippen LogP contribution in [-0.2, 0) is 4.79 Å². The van der Waals surface area contributed by atoms with Gasteiger partial charge in [-0.1, -0.05) is 0 Å². The van der Waals surface area contributed by atoms with Crippen LogP contribution in [0.1, 0.15) is 11.7 Å². The van der Waals surface area contributed by atoms with Gasteiger partial charge in [-0.3, -0.25) is 10.1 Å². The van der Waals surface area contributed by atoms with Gasteiger partial charge in [0.05, 0.1) is 9.40 Å². The third kappa shape index (κ3) is 2.34. The van der Waals surface area contributed by atoms with Crippen molar-refractivity contribution in [1.29, 1.82) is 0 Å². The van der Waals surface area contributed by atoms with Gasteiger partial charge in [-0.15, -0.1) is 0 Å². The van der Waals surface area contributed by atoms with Crippen LogP contribution in [0, 0.1) is 15.9 Å². The zero-order chi connectivity index (χ0) is 12.5. The normalized spacial score (nSPS) is 12.2. The summed E-state index contributed by atoms with van der Waals surface area (Å²) in [5.74, 6) is -2.78. The molecule has 0 heterocycles. The first-order chi connectivity index (χ1) is 7.34. The molecule has 1 unspecified atom stereocenters. The summed E-state index contributed by atoms with van der Waals surface area (Å²) in [6, 6.07) is 1.60. The Hall–Kier alpha value is -1.54. The highest BCUT2D eigenvalue weighted by Crippen LogP contribution is 2.31. The molecule has 0 aliphatic heterocycles. The smallest absolute Gasteiger partial charge is 0.337 e. The molecule has 0 spiro atoms. The van der Waals surface area contributed by atoms with Crippen molar-refractivity contribution in [1.82, 2.24) is 0 Å². The minimum absolute atomic E-state index is 0.229. The van der Waals surface area contributed by atoms with Crippen molar-refractivity contribution in [2.75, 3.05) is 0 Å². The second-order valence-corrected chi connectivity index (χ2v) is 3.69. The number of aliphatic hydroxyl groups excluding tert-OH is 1. The minimum Gasteiger partial charge on any atom is -0.479 e. The zero-order valence-corrected chi connectivity index (χ0v) is 9.14. The van der Waals surface area contributed by atoms with Crippen molar-refractivity contribution >= 4 is 27.6 Å². The van der Waals surface area contributed by atoms with Gasteiger partial charge >= 0.3 is 11.7 Å². The van der Waals surface area contributed by atoms with Gasteiger partial charge in [0.25, 0.3) is 0 Å². The summed E-state index contributed by atoms with van der Waals surface area (Å²) in [6.45, 7) is 0. The first-order valence-corrected chi connectivity index (χ1v) is 4.68. The minimum atomic E-state index is -1.92. The van der Waals surface area contributed by atoms with Gasteiger partial charge in [0.2, 0.25) is 5.82 Å². The monoisotopic (exact) mass is 293 g/mol. The number of hydrogen-bond acceptors (Lipinski definition) is 4. The zero-order valence-electron chi connectivity index (χ0n) is 7.55. The van der Waals surface area contributed by atoms with Crippen molar-refractivity contribution in [3.63, 3.8) is 0 Å². The predicted octanol–water partition coefficient (Wildman–Crippen LogP) is 1.61. The van der Waals surface area contributed by atoms with Crippen LogP contribution in [0.2, 0.25) is 0 Å². The van der Waals surface area contributed by atoms with Crippen LogP contribution in [0.15, 0.2) is 16.6 Å². The van der Waals surface area contributed by atoms with E-state index in [2.05, 4.69) is 15.9 Å². The molecule has 0 fully saturated rings. The van der Waals surface area contributed by atoms with E-state index in [9.17, 15) is 19.3 Å². The van der Waals surface area contributed by atoms with Gasteiger partial charge in [0, 0.05) is 0 Å². The maximum atomic E-state index is 13.2. The van der Waals surface area contributed by atoms with Crippen LogP contribution in [0.3, 0.4) is 0 Å². The van der Waals surface area contributed by atoms with Crippen LogP contribution in [0.4, 0.5) is 10.1 Å². The van der Waals surface area contributed by atoms with Crippen molar-refractivity contribution < 1.29 is 24.3 Å². The van der Waals surface area contributed by atoms with Crippen molar-refractivity contribution in [2.24, 2.45) is 0 Å². The third-order valence-electron chi connectivity index (χ3n) is 1.77. The molecule has 0 radical (unpaired) electrons. The second-order valence-electron chi connectivity index (χ2n) is 2.83. The number of hydrogen-bond donors (Lipinski definition) is 2. The summed E-state index contributed by atoms with van der Waals surface area (Å²) in [7, 11) is 0. The molecule has 8 heteroatoms. The fourth-order valence-corrected chi connectivity index (χ4v) is 1.66. The quantitative estimate of drug-likeness (QED) is 0.651. The molecule has 0 saturated carbocycles. The Morgan fingerprint density at radius 3 is 2.50 bits per heavy atom. The molecular formula is C8H5BrFNO5. The van der Waals surface area contributed by atoms with Gasteiger partial charge in [-0.05, 0) is 33.6 Å². The molecule has 86 valence electrons. The molecule has 6 nitrogen and oxygen atoms in total. The summed E-state index contributed by atoms with van der Waals surface area (Å²) in [6.07, 6.45) is -1.92. The first-order valence-electron chi connectivity index (χ1n) is 3.88. The number of benzene rings is 1. The Morgan fingerprint density at radius 1 is 1.56 bits per heavy atom. The molecule has 1 aromatic carbocycles. The molecule has 0 saturated heterocycles. The van der Waals surface area contributed by atoms with Crippen molar-refractivity contribution in [3.05, 3.63) is 38.1 Å². The van der Waals surface area contributed by atoms with Gasteiger partial charge in [0.1, 0.15) is 0 Å². The molecule has 0 aliphatic rings. The molecule has 1 aromatic rings. The standard InChI is InChI=1S/C8H5BrFNO5/c9-4-1-3(7(12)8(13)14)2-5(10)6(4)11(15)16/h1-2,7,12H,(H,13,14). The van der Waals surface area contributed by atoms with E-state index in [1.54, 1.807) is 0 Å². The van der Waals surface area contributed by atoms with Crippen LogP contribution in [0.5, 0.6) is 0 Å². The summed E-state index contributed by atoms with van der Waals surface area (Å²) in [5, 5.41) is 28.0. The van der Waals surface area contributed by atoms with Crippen LogP contribution in [-0.4, -0.2) is 21.1 Å². The van der Waals surface area contributed by atoms with Gasteiger partial charge in [-0.2, -0.15) is 4.39 Å². The summed E-state index contributed by atoms with van der Waals surface area (Å²) >= 11 is 2.73. The van der Waals surface area contributed by atoms with Gasteiger partial charge in [0.15, 0.2) is 6.10 Å². The second kappa shape index (κ2) is 4.54. The fourth-order valence-electron chi connectivity index (χ4n) is 1.06. The highest BCUT2D eigenvalue weighted by molar-refractivity contribution is 9.10. The number of halogens is 2. The summed E-state index contributed by atoms with van der Waals surface area (Å²) < 4.78 is 13.0. The lowest BCUT2D eigenvalue weighted by Gasteiger charge is -2.06. The van der Waals surface area contributed by atoms with E-state index in [4.69, 9.17) is 10.2 Å². The van der Waals surface area contributed by atoms with E-state index < -0.39 is 28.5 Å². The van der Waals surface area contributed by atoms with Crippen molar-refractivity contribution in [2.45, 2.75) is 6.10 Å². The van der Waals surface area contributed by atoms with E-state index in [0.29, 0.717) is 6.07 Å². The highest BCUT2D eigenvalue weighted by atomic mass is 79.9. The number of carbonyl (C=O) groups is 1. The number of aliphatic hydroxyl groups is 1. The van der Waals surface area contributed by atoms with Crippen LogP contribution >= 0.6 is 15.9 Å². The van der Waals surface area contributed by atoms with Crippen LogP contribution in [0.25, 0.3) is 0 Å². The summed E-state index contributed by atoms with van der Waals surface area (Å²) in [4.78, 5) is 19.9. The number of carboxylic acid groups (broad SMARTS) is 1. The van der Waals surface area contributed by atoms with E-state index >= 15 is 0 Å². The number of rotatable bonds is 3. The van der Waals surface area contributed by atoms with Crippen molar-refractivity contribution in [3.8, 4) is 0 Å². The van der Waals surface area contributed by atoms with E-state index in [-0.39, 0.29) is 10.0 Å². The Labute approximate surface area is 96.6 Å². The average Bonchev–Trinajstić information content (AvgIpc) is 2.14. The molecule has 1 atom stereocenters. The number of carboxylic acids is 1. The molecule has 2 N–H and O–H groups in total. The molecule has 16 heavy (non-hydrogen) atoms. The SMILES string of the molecule is O=C(O)C(O)c1cc(F)c([N+](=O)[O-])c(Br)c1. The molecule has 0 aromatic heterocycles. The Morgan fingerprint density at radius 2 is 2.12 bits per heavy atom. The largest absolute Gasteiger partial charge is 0.479 e. The predicted molar refractivity (Wildman–Crippen MR) is 53.4 cm³/mol. The maximum Gasteiger partial charge on any atom is 0.337 e. The molecular weight excluding hydrogens is 289 g/mol. The molecule has 0 aliphatic carbocycles. The van der Waals surface area contributed by atoms with E-state index in [0.717, 1.165) is 6.07 Å². The topological polar surface area (TPSA) is 101 Å². The number of nitro groups is 1. The lowest BCUT2D eigenvalue weighted by Crippen LogP contribution is -2.11. The van der Waals surface area contributed by atoms with Gasteiger partial charge < -0.3 is 10.2 Å². The number of nitrogens with zero attached hydrogens (tertiary/aromatic N) is 1. The lowest BCUT2D eigenvalue weighted by atomic mass is 10.1. The average molecular weight is 294 g/mol. The fraction of sp³-hybridized carbons (Fsp3) is 0.125.